The Morgan fingerprint density at radius 2 is 2.00 bits per heavy atom. The number of benzene rings is 1. The summed E-state index contributed by atoms with van der Waals surface area (Å²) in [5, 5.41) is 27.1. The molecule has 0 saturated carbocycles. The van der Waals surface area contributed by atoms with Crippen molar-refractivity contribution in [1.29, 1.82) is 0 Å². The Morgan fingerprint density at radius 3 is 2.57 bits per heavy atom. The second-order valence-corrected chi connectivity index (χ2v) is 3.69. The van der Waals surface area contributed by atoms with Gasteiger partial charge < -0.3 is 15.3 Å². The summed E-state index contributed by atoms with van der Waals surface area (Å²) in [6.07, 6.45) is -2.80. The molecule has 0 radical (unpaired) electrons. The lowest BCUT2D eigenvalue weighted by molar-refractivity contribution is -0.0168. The minimum atomic E-state index is -1.42. The van der Waals surface area contributed by atoms with E-state index in [1.807, 2.05) is 0 Å². The van der Waals surface area contributed by atoms with Gasteiger partial charge in [0, 0.05) is 5.56 Å². The van der Waals surface area contributed by atoms with Gasteiger partial charge in [-0.1, -0.05) is 12.1 Å². The summed E-state index contributed by atoms with van der Waals surface area (Å²) in [6, 6.07) is 4.37. The van der Waals surface area contributed by atoms with E-state index in [2.05, 4.69) is 15.9 Å². The molecule has 0 aliphatic heterocycles. The maximum absolute atomic E-state index is 13.3. The quantitative estimate of drug-likeness (QED) is 0.763. The van der Waals surface area contributed by atoms with E-state index < -0.39 is 24.6 Å². The van der Waals surface area contributed by atoms with Crippen LogP contribution in [-0.2, 0) is 0 Å². The lowest BCUT2D eigenvalue weighted by Gasteiger charge is -2.16. The highest BCUT2D eigenvalue weighted by Crippen LogP contribution is 2.25. The second-order valence-electron chi connectivity index (χ2n) is 2.84. The van der Waals surface area contributed by atoms with Crippen LogP contribution in [0.2, 0.25) is 0 Å². The third-order valence-corrected chi connectivity index (χ3v) is 2.46. The predicted molar refractivity (Wildman–Crippen MR) is 52.2 cm³/mol. The molecular weight excluding hydrogens is 255 g/mol. The summed E-state index contributed by atoms with van der Waals surface area (Å²) in [5.41, 5.74) is -0.0408. The molecule has 0 aliphatic carbocycles. The lowest BCUT2D eigenvalue weighted by Crippen LogP contribution is -2.22. The van der Waals surface area contributed by atoms with Gasteiger partial charge in [0.15, 0.2) is 0 Å². The van der Waals surface area contributed by atoms with Crippen molar-refractivity contribution in [3.63, 3.8) is 0 Å². The summed E-state index contributed by atoms with van der Waals surface area (Å²) < 4.78 is 13.6. The molecule has 14 heavy (non-hydrogen) atoms. The topological polar surface area (TPSA) is 60.7 Å². The van der Waals surface area contributed by atoms with Gasteiger partial charge >= 0.3 is 0 Å². The number of halogens is 2. The molecular formula is C9H10BrFO3. The molecule has 78 valence electrons. The fraction of sp³-hybridized carbons (Fsp3) is 0.333. The lowest BCUT2D eigenvalue weighted by atomic mass is 10.0. The van der Waals surface area contributed by atoms with Crippen LogP contribution in [0.5, 0.6) is 0 Å². The Bertz CT molecular complexity index is 319. The van der Waals surface area contributed by atoms with Crippen LogP contribution in [-0.4, -0.2) is 28.0 Å². The van der Waals surface area contributed by atoms with Gasteiger partial charge in [-0.2, -0.15) is 0 Å². The van der Waals surface area contributed by atoms with Crippen molar-refractivity contribution in [3.05, 3.63) is 34.1 Å². The second kappa shape index (κ2) is 4.84. The zero-order valence-corrected chi connectivity index (χ0v) is 8.78. The maximum Gasteiger partial charge on any atom is 0.143 e. The van der Waals surface area contributed by atoms with Crippen molar-refractivity contribution in [2.24, 2.45) is 0 Å². The molecule has 5 heteroatoms. The summed E-state index contributed by atoms with van der Waals surface area (Å²) in [7, 11) is 0. The molecule has 2 unspecified atom stereocenters. The Kier molecular flexibility index (Phi) is 4.00. The molecule has 0 heterocycles. The van der Waals surface area contributed by atoms with Gasteiger partial charge in [0.2, 0.25) is 0 Å². The Labute approximate surface area is 88.9 Å². The standard InChI is InChI=1S/C9H10BrFO3/c10-6-3-1-2-5(8(6)11)9(14)7(13)4-12/h1-3,7,9,12-14H,4H2. The molecule has 0 amide bonds. The average molecular weight is 265 g/mol. The van der Waals surface area contributed by atoms with E-state index in [0.29, 0.717) is 0 Å². The first-order valence-electron chi connectivity index (χ1n) is 3.98. The van der Waals surface area contributed by atoms with Crippen LogP contribution < -0.4 is 0 Å². The first-order chi connectivity index (χ1) is 6.57. The fourth-order valence-electron chi connectivity index (χ4n) is 1.06. The third-order valence-electron chi connectivity index (χ3n) is 1.85. The molecule has 3 N–H and O–H groups in total. The van der Waals surface area contributed by atoms with E-state index in [-0.39, 0.29) is 10.0 Å². The van der Waals surface area contributed by atoms with Gasteiger partial charge in [0.25, 0.3) is 0 Å². The van der Waals surface area contributed by atoms with Crippen molar-refractivity contribution in [2.75, 3.05) is 6.61 Å². The minimum absolute atomic E-state index is 0.0408. The first kappa shape index (κ1) is 11.6. The van der Waals surface area contributed by atoms with Crippen LogP contribution in [0.15, 0.2) is 22.7 Å². The Morgan fingerprint density at radius 1 is 1.36 bits per heavy atom. The van der Waals surface area contributed by atoms with Crippen molar-refractivity contribution >= 4 is 15.9 Å². The zero-order valence-electron chi connectivity index (χ0n) is 7.19. The number of rotatable bonds is 3. The van der Waals surface area contributed by atoms with Crippen LogP contribution in [0.3, 0.4) is 0 Å². The highest BCUT2D eigenvalue weighted by molar-refractivity contribution is 9.10. The molecule has 1 rings (SSSR count). The highest BCUT2D eigenvalue weighted by Gasteiger charge is 2.21. The summed E-state index contributed by atoms with van der Waals surface area (Å²) in [4.78, 5) is 0. The van der Waals surface area contributed by atoms with Crippen molar-refractivity contribution in [1.82, 2.24) is 0 Å². The normalized spacial score (nSPS) is 15.2. The van der Waals surface area contributed by atoms with E-state index in [1.165, 1.54) is 18.2 Å². The Hall–Kier alpha value is -0.490. The van der Waals surface area contributed by atoms with Gasteiger partial charge in [-0.25, -0.2) is 4.39 Å². The largest absolute Gasteiger partial charge is 0.394 e. The van der Waals surface area contributed by atoms with E-state index >= 15 is 0 Å². The van der Waals surface area contributed by atoms with Gasteiger partial charge in [-0.05, 0) is 22.0 Å². The molecule has 0 saturated heterocycles. The molecule has 0 aliphatic rings. The molecule has 1 aromatic rings. The molecule has 1 aromatic carbocycles. The molecule has 0 fully saturated rings. The van der Waals surface area contributed by atoms with E-state index in [1.54, 1.807) is 0 Å². The van der Waals surface area contributed by atoms with E-state index in [0.717, 1.165) is 0 Å². The van der Waals surface area contributed by atoms with Crippen LogP contribution in [0.1, 0.15) is 11.7 Å². The maximum atomic E-state index is 13.3. The average Bonchev–Trinajstić information content (AvgIpc) is 2.20. The van der Waals surface area contributed by atoms with E-state index in [9.17, 15) is 9.50 Å². The zero-order chi connectivity index (χ0) is 10.7. The van der Waals surface area contributed by atoms with Gasteiger partial charge in [0.05, 0.1) is 11.1 Å². The van der Waals surface area contributed by atoms with E-state index in [4.69, 9.17) is 10.2 Å². The Balaban J connectivity index is 3.01. The number of hydrogen-bond acceptors (Lipinski definition) is 3. The number of aliphatic hydroxyl groups is 3. The predicted octanol–water partition coefficient (Wildman–Crippen LogP) is 0.975. The molecule has 3 nitrogen and oxygen atoms in total. The monoisotopic (exact) mass is 264 g/mol. The van der Waals surface area contributed by atoms with Gasteiger partial charge in [-0.15, -0.1) is 0 Å². The number of hydrogen-bond donors (Lipinski definition) is 3. The van der Waals surface area contributed by atoms with Crippen molar-refractivity contribution in [3.8, 4) is 0 Å². The summed E-state index contributed by atoms with van der Waals surface area (Å²) >= 11 is 2.96. The van der Waals surface area contributed by atoms with Crippen LogP contribution in [0.4, 0.5) is 4.39 Å². The molecule has 0 bridgehead atoms. The number of aliphatic hydroxyl groups excluding tert-OH is 3. The molecule has 0 aromatic heterocycles. The smallest absolute Gasteiger partial charge is 0.143 e. The van der Waals surface area contributed by atoms with Crippen molar-refractivity contribution in [2.45, 2.75) is 12.2 Å². The minimum Gasteiger partial charge on any atom is -0.394 e. The summed E-state index contributed by atoms with van der Waals surface area (Å²) in [5.74, 6) is -0.632. The van der Waals surface area contributed by atoms with Crippen LogP contribution in [0.25, 0.3) is 0 Å². The highest BCUT2D eigenvalue weighted by atomic mass is 79.9. The SMILES string of the molecule is OCC(O)C(O)c1cccc(Br)c1F. The van der Waals surface area contributed by atoms with Gasteiger partial charge in [0.1, 0.15) is 18.0 Å². The fourth-order valence-corrected chi connectivity index (χ4v) is 1.44. The first-order valence-corrected chi connectivity index (χ1v) is 4.78. The molecule has 0 spiro atoms. The van der Waals surface area contributed by atoms with Crippen LogP contribution >= 0.6 is 15.9 Å². The van der Waals surface area contributed by atoms with Crippen LogP contribution in [0, 0.1) is 5.82 Å². The third kappa shape index (κ3) is 2.30. The molecule has 2 atom stereocenters. The summed E-state index contributed by atoms with van der Waals surface area (Å²) in [6.45, 7) is -0.618. The van der Waals surface area contributed by atoms with Crippen molar-refractivity contribution < 1.29 is 19.7 Å². The van der Waals surface area contributed by atoms with Gasteiger partial charge in [-0.3, -0.25) is 0 Å².